The minimum absolute atomic E-state index is 0.00828. The van der Waals surface area contributed by atoms with Gasteiger partial charge in [0.1, 0.15) is 0 Å². The lowest BCUT2D eigenvalue weighted by molar-refractivity contribution is 0.396. The zero-order valence-electron chi connectivity index (χ0n) is 14.0. The molecule has 0 saturated carbocycles. The van der Waals surface area contributed by atoms with Crippen LogP contribution in [0, 0.1) is 6.92 Å². The third-order valence-corrected chi connectivity index (χ3v) is 6.30. The molecule has 0 aliphatic heterocycles. The average molecular weight is 373 g/mol. The van der Waals surface area contributed by atoms with Crippen molar-refractivity contribution < 1.29 is 8.42 Å². The van der Waals surface area contributed by atoms with Crippen molar-refractivity contribution in [2.75, 3.05) is 0 Å². The summed E-state index contributed by atoms with van der Waals surface area (Å²) in [6.07, 6.45) is 1.69. The van der Waals surface area contributed by atoms with Gasteiger partial charge in [-0.15, -0.1) is 0 Å². The molecule has 3 aromatic rings. The Balaban J connectivity index is 1.86. The number of aryl methyl sites for hydroxylation is 1. The molecule has 3 rings (SSSR count). The lowest BCUT2D eigenvalue weighted by Gasteiger charge is -2.21. The Morgan fingerprint density at radius 1 is 1.04 bits per heavy atom. The van der Waals surface area contributed by atoms with Crippen LogP contribution in [0.3, 0.4) is 0 Å². The van der Waals surface area contributed by atoms with Crippen molar-refractivity contribution in [2.24, 2.45) is 0 Å². The largest absolute Gasteiger partial charge is 0.260 e. The number of hydrogen-bond acceptors (Lipinski definition) is 4. The fourth-order valence-corrected chi connectivity index (χ4v) is 4.73. The summed E-state index contributed by atoms with van der Waals surface area (Å²) < 4.78 is 27.6. The van der Waals surface area contributed by atoms with E-state index in [1.807, 2.05) is 66.2 Å². The van der Waals surface area contributed by atoms with Gasteiger partial charge in [-0.25, -0.2) is 8.42 Å². The monoisotopic (exact) mass is 372 g/mol. The smallest absolute Gasteiger partial charge is 0.218 e. The van der Waals surface area contributed by atoms with E-state index in [1.165, 1.54) is 4.31 Å². The Morgan fingerprint density at radius 2 is 1.92 bits per heavy atom. The van der Waals surface area contributed by atoms with Gasteiger partial charge in [0.05, 0.1) is 18.0 Å². The molecule has 0 aliphatic carbocycles. The Labute approximate surface area is 152 Å². The predicted octanol–water partition coefficient (Wildman–Crippen LogP) is 3.98. The molecule has 0 amide bonds. The molecule has 0 aliphatic rings. The molecule has 0 bridgehead atoms. The molecule has 2 heterocycles. The summed E-state index contributed by atoms with van der Waals surface area (Å²) in [4.78, 5) is 4.28. The van der Waals surface area contributed by atoms with Gasteiger partial charge in [-0.2, -0.15) is 15.6 Å². The van der Waals surface area contributed by atoms with Gasteiger partial charge >= 0.3 is 0 Å². The second-order valence-corrected chi connectivity index (χ2v) is 8.71. The quantitative estimate of drug-likeness (QED) is 0.630. The van der Waals surface area contributed by atoms with Gasteiger partial charge in [0, 0.05) is 12.7 Å². The van der Waals surface area contributed by atoms with Crippen LogP contribution >= 0.6 is 11.3 Å². The van der Waals surface area contributed by atoms with Gasteiger partial charge < -0.3 is 0 Å². The number of hydrogen-bond donors (Lipinski definition) is 0. The highest BCUT2D eigenvalue weighted by Crippen LogP contribution is 2.19. The molecule has 0 saturated heterocycles. The summed E-state index contributed by atoms with van der Waals surface area (Å²) in [5.41, 5.74) is 3.59. The fraction of sp³-hybridized carbons (Fsp3) is 0.211. The molecule has 0 fully saturated rings. The lowest BCUT2D eigenvalue weighted by Crippen LogP contribution is -2.31. The highest BCUT2D eigenvalue weighted by molar-refractivity contribution is 7.88. The topological polar surface area (TPSA) is 50.3 Å². The van der Waals surface area contributed by atoms with E-state index >= 15 is 0 Å². The summed E-state index contributed by atoms with van der Waals surface area (Å²) in [6, 6.07) is 15.1. The van der Waals surface area contributed by atoms with Crippen molar-refractivity contribution >= 4 is 21.4 Å². The number of rotatable bonds is 7. The number of nitrogens with zero attached hydrogens (tertiary/aromatic N) is 2. The predicted molar refractivity (Wildman–Crippen MR) is 102 cm³/mol. The van der Waals surface area contributed by atoms with Gasteiger partial charge in [-0.3, -0.25) is 4.98 Å². The lowest BCUT2D eigenvalue weighted by atomic mass is 10.2. The first-order chi connectivity index (χ1) is 12.0. The molecular formula is C19H20N2O2S2. The van der Waals surface area contributed by atoms with Crippen molar-refractivity contribution in [2.45, 2.75) is 25.8 Å². The SMILES string of the molecule is Cc1cccc(CS(=O)(=O)N(Cc2ccsc2)Cc2ccccn2)c1. The van der Waals surface area contributed by atoms with Crippen LogP contribution in [-0.2, 0) is 28.9 Å². The summed E-state index contributed by atoms with van der Waals surface area (Å²) in [6.45, 7) is 2.59. The van der Waals surface area contributed by atoms with Gasteiger partial charge in [-0.05, 0) is 47.0 Å². The van der Waals surface area contributed by atoms with E-state index in [4.69, 9.17) is 0 Å². The van der Waals surface area contributed by atoms with Crippen molar-refractivity contribution in [1.29, 1.82) is 0 Å². The van der Waals surface area contributed by atoms with Crippen LogP contribution in [0.5, 0.6) is 0 Å². The first-order valence-electron chi connectivity index (χ1n) is 7.97. The summed E-state index contributed by atoms with van der Waals surface area (Å²) in [5.74, 6) is -0.00828. The molecule has 0 atom stereocenters. The third kappa shape index (κ3) is 4.98. The Bertz CT molecular complexity index is 908. The van der Waals surface area contributed by atoms with Crippen LogP contribution in [0.1, 0.15) is 22.4 Å². The zero-order valence-corrected chi connectivity index (χ0v) is 15.6. The third-order valence-electron chi connectivity index (χ3n) is 3.83. The van der Waals surface area contributed by atoms with Crippen molar-refractivity contribution in [3.63, 3.8) is 0 Å². The Hall–Kier alpha value is -2.02. The fourth-order valence-electron chi connectivity index (χ4n) is 2.62. The van der Waals surface area contributed by atoms with Gasteiger partial charge in [-0.1, -0.05) is 35.9 Å². The first-order valence-corrected chi connectivity index (χ1v) is 10.5. The van der Waals surface area contributed by atoms with E-state index in [0.29, 0.717) is 6.54 Å². The van der Waals surface area contributed by atoms with Crippen LogP contribution < -0.4 is 0 Å². The van der Waals surface area contributed by atoms with Crippen LogP contribution in [0.2, 0.25) is 0 Å². The normalized spacial score (nSPS) is 11.8. The van der Waals surface area contributed by atoms with Gasteiger partial charge in [0.25, 0.3) is 0 Å². The summed E-state index contributed by atoms with van der Waals surface area (Å²) >= 11 is 1.57. The molecular weight excluding hydrogens is 352 g/mol. The molecule has 0 radical (unpaired) electrons. The Morgan fingerprint density at radius 3 is 2.60 bits per heavy atom. The molecule has 25 heavy (non-hydrogen) atoms. The second kappa shape index (κ2) is 7.91. The van der Waals surface area contributed by atoms with E-state index in [-0.39, 0.29) is 12.3 Å². The molecule has 6 heteroatoms. The molecule has 1 aromatic carbocycles. The maximum atomic E-state index is 13.0. The standard InChI is InChI=1S/C19H20N2O2S2/c1-16-5-4-6-17(11-16)15-25(22,23)21(12-18-8-10-24-14-18)13-19-7-2-3-9-20-19/h2-11,14H,12-13,15H2,1H3. The maximum absolute atomic E-state index is 13.0. The van der Waals surface area contributed by atoms with E-state index in [0.717, 1.165) is 22.4 Å². The van der Waals surface area contributed by atoms with Gasteiger partial charge in [0.15, 0.2) is 0 Å². The van der Waals surface area contributed by atoms with Crippen LogP contribution in [0.25, 0.3) is 0 Å². The zero-order chi connectivity index (χ0) is 17.7. The summed E-state index contributed by atoms with van der Waals surface area (Å²) in [7, 11) is -3.47. The molecule has 0 spiro atoms. The van der Waals surface area contributed by atoms with Crippen LogP contribution in [-0.4, -0.2) is 17.7 Å². The van der Waals surface area contributed by atoms with E-state index in [1.54, 1.807) is 17.5 Å². The van der Waals surface area contributed by atoms with E-state index in [9.17, 15) is 8.42 Å². The van der Waals surface area contributed by atoms with E-state index < -0.39 is 10.0 Å². The minimum atomic E-state index is -3.47. The molecule has 4 nitrogen and oxygen atoms in total. The molecule has 0 N–H and O–H groups in total. The highest BCUT2D eigenvalue weighted by atomic mass is 32.2. The number of aromatic nitrogens is 1. The van der Waals surface area contributed by atoms with Crippen molar-refractivity contribution in [3.8, 4) is 0 Å². The van der Waals surface area contributed by atoms with Gasteiger partial charge in [0.2, 0.25) is 10.0 Å². The number of sulfonamides is 1. The number of benzene rings is 1. The first kappa shape index (κ1) is 17.8. The second-order valence-electron chi connectivity index (χ2n) is 5.97. The highest BCUT2D eigenvalue weighted by Gasteiger charge is 2.24. The van der Waals surface area contributed by atoms with Crippen LogP contribution in [0.15, 0.2) is 65.5 Å². The Kier molecular flexibility index (Phi) is 5.63. The minimum Gasteiger partial charge on any atom is -0.260 e. The van der Waals surface area contributed by atoms with Crippen molar-refractivity contribution in [1.82, 2.24) is 9.29 Å². The number of pyridine rings is 1. The molecule has 2 aromatic heterocycles. The number of thiophene rings is 1. The molecule has 130 valence electrons. The van der Waals surface area contributed by atoms with Crippen molar-refractivity contribution in [3.05, 3.63) is 87.9 Å². The van der Waals surface area contributed by atoms with Crippen LogP contribution in [0.4, 0.5) is 0 Å². The maximum Gasteiger partial charge on any atom is 0.218 e. The molecule has 0 unspecified atom stereocenters. The average Bonchev–Trinajstić information content (AvgIpc) is 3.08. The van der Waals surface area contributed by atoms with E-state index in [2.05, 4.69) is 4.98 Å². The summed E-state index contributed by atoms with van der Waals surface area (Å²) in [5, 5.41) is 3.94.